The van der Waals surface area contributed by atoms with Crippen LogP contribution in [0.4, 0.5) is 5.69 Å². The van der Waals surface area contributed by atoms with Gasteiger partial charge in [-0.3, -0.25) is 9.59 Å². The Morgan fingerprint density at radius 3 is 2.72 bits per heavy atom. The van der Waals surface area contributed by atoms with E-state index in [-0.39, 0.29) is 12.0 Å². The van der Waals surface area contributed by atoms with Crippen LogP contribution in [0.2, 0.25) is 0 Å². The number of carboxylic acid groups (broad SMARTS) is 1. The second-order valence-electron chi connectivity index (χ2n) is 5.20. The van der Waals surface area contributed by atoms with E-state index < -0.39 is 11.9 Å². The summed E-state index contributed by atoms with van der Waals surface area (Å²) in [5.74, 6) is -0.656. The number of amides is 1. The first-order valence-electron chi connectivity index (χ1n) is 8.17. The van der Waals surface area contributed by atoms with Gasteiger partial charge in [0.25, 0.3) is 5.91 Å². The topological polar surface area (TPSA) is 111 Å². The molecule has 0 saturated carbocycles. The summed E-state index contributed by atoms with van der Waals surface area (Å²) < 4.78 is 5.47. The summed E-state index contributed by atoms with van der Waals surface area (Å²) in [5.41, 5.74) is 0.621. The van der Waals surface area contributed by atoms with E-state index in [1.165, 1.54) is 6.20 Å². The third-order valence-corrected chi connectivity index (χ3v) is 3.28. The van der Waals surface area contributed by atoms with Crippen molar-refractivity contribution in [3.05, 3.63) is 36.0 Å². The van der Waals surface area contributed by atoms with Crippen molar-refractivity contribution in [3.63, 3.8) is 0 Å². The van der Waals surface area contributed by atoms with Crippen LogP contribution in [0.25, 0.3) is 0 Å². The highest BCUT2D eigenvalue weighted by molar-refractivity contribution is 5.97. The van der Waals surface area contributed by atoms with Gasteiger partial charge >= 0.3 is 5.97 Å². The van der Waals surface area contributed by atoms with Crippen molar-refractivity contribution in [2.75, 3.05) is 18.5 Å². The molecular formula is C18H23N3O4. The number of unbranched alkanes of at least 4 members (excludes halogenated alkanes) is 2. The van der Waals surface area contributed by atoms with Gasteiger partial charge in [-0.2, -0.15) is 5.26 Å². The Kier molecular flexibility index (Phi) is 9.23. The molecule has 7 nitrogen and oxygen atoms in total. The zero-order valence-corrected chi connectivity index (χ0v) is 14.2. The monoisotopic (exact) mass is 345 g/mol. The third kappa shape index (κ3) is 7.88. The van der Waals surface area contributed by atoms with Crippen LogP contribution in [0.1, 0.15) is 32.6 Å². The molecule has 0 aliphatic heterocycles. The summed E-state index contributed by atoms with van der Waals surface area (Å²) >= 11 is 0. The molecule has 0 bridgehead atoms. The largest absolute Gasteiger partial charge is 0.492 e. The molecule has 0 aromatic heterocycles. The van der Waals surface area contributed by atoms with Gasteiger partial charge in [0.15, 0.2) is 0 Å². The number of anilines is 1. The molecule has 1 aromatic carbocycles. The van der Waals surface area contributed by atoms with E-state index in [0.717, 1.165) is 0 Å². The number of nitrogens with zero attached hydrogens (tertiary/aromatic N) is 1. The van der Waals surface area contributed by atoms with Crippen molar-refractivity contribution in [3.8, 4) is 11.8 Å². The molecule has 0 saturated heterocycles. The smallest absolute Gasteiger partial charge is 0.303 e. The molecule has 0 heterocycles. The van der Waals surface area contributed by atoms with Crippen LogP contribution in [0.3, 0.4) is 0 Å². The van der Waals surface area contributed by atoms with Crippen molar-refractivity contribution < 1.29 is 19.4 Å². The van der Waals surface area contributed by atoms with Gasteiger partial charge in [-0.05, 0) is 31.9 Å². The SMILES string of the molecule is CCOc1ccccc1N/C=C(/C#N)C(=O)NCCCCCC(=O)O. The number of benzene rings is 1. The highest BCUT2D eigenvalue weighted by atomic mass is 16.5. The summed E-state index contributed by atoms with van der Waals surface area (Å²) in [6.45, 7) is 2.78. The zero-order valence-electron chi connectivity index (χ0n) is 14.2. The van der Waals surface area contributed by atoms with Crippen molar-refractivity contribution in [2.24, 2.45) is 0 Å². The number of hydrogen-bond donors (Lipinski definition) is 3. The lowest BCUT2D eigenvalue weighted by Crippen LogP contribution is -2.26. The van der Waals surface area contributed by atoms with E-state index in [0.29, 0.717) is 43.9 Å². The number of ether oxygens (including phenoxy) is 1. The lowest BCUT2D eigenvalue weighted by Gasteiger charge is -2.10. The maximum absolute atomic E-state index is 12.0. The number of carbonyl (C=O) groups is 2. The van der Waals surface area contributed by atoms with E-state index in [4.69, 9.17) is 15.1 Å². The minimum atomic E-state index is -0.822. The Morgan fingerprint density at radius 1 is 1.28 bits per heavy atom. The van der Waals surface area contributed by atoms with Crippen LogP contribution in [-0.4, -0.2) is 30.1 Å². The molecule has 1 aromatic rings. The van der Waals surface area contributed by atoms with Crippen molar-refractivity contribution >= 4 is 17.6 Å². The maximum atomic E-state index is 12.0. The van der Waals surface area contributed by atoms with E-state index >= 15 is 0 Å². The molecule has 7 heteroatoms. The van der Waals surface area contributed by atoms with Crippen molar-refractivity contribution in [1.82, 2.24) is 5.32 Å². The van der Waals surface area contributed by atoms with Crippen LogP contribution in [0, 0.1) is 11.3 Å². The average Bonchev–Trinajstić information content (AvgIpc) is 2.59. The highest BCUT2D eigenvalue weighted by Gasteiger charge is 2.09. The van der Waals surface area contributed by atoms with E-state index in [2.05, 4.69) is 10.6 Å². The second kappa shape index (κ2) is 11.5. The van der Waals surface area contributed by atoms with Crippen molar-refractivity contribution in [1.29, 1.82) is 5.26 Å². The van der Waals surface area contributed by atoms with Gasteiger partial charge in [0, 0.05) is 19.2 Å². The zero-order chi connectivity index (χ0) is 18.5. The van der Waals surface area contributed by atoms with Crippen molar-refractivity contribution in [2.45, 2.75) is 32.6 Å². The maximum Gasteiger partial charge on any atom is 0.303 e. The quantitative estimate of drug-likeness (QED) is 0.323. The highest BCUT2D eigenvalue weighted by Crippen LogP contribution is 2.23. The van der Waals surface area contributed by atoms with Gasteiger partial charge < -0.3 is 20.5 Å². The van der Waals surface area contributed by atoms with Crippen LogP contribution < -0.4 is 15.4 Å². The number of hydrogen-bond acceptors (Lipinski definition) is 5. The second-order valence-corrected chi connectivity index (χ2v) is 5.20. The first kappa shape index (κ1) is 20.0. The number of para-hydroxylation sites is 2. The number of aliphatic carboxylic acids is 1. The van der Waals surface area contributed by atoms with Gasteiger partial charge in [0.2, 0.25) is 0 Å². The summed E-state index contributed by atoms with van der Waals surface area (Å²) in [5, 5.41) is 23.2. The van der Waals surface area contributed by atoms with Gasteiger partial charge in [-0.1, -0.05) is 18.6 Å². The Labute approximate surface area is 147 Å². The number of carboxylic acids is 1. The molecule has 134 valence electrons. The number of carbonyl (C=O) groups excluding carboxylic acids is 1. The van der Waals surface area contributed by atoms with E-state index in [1.54, 1.807) is 12.1 Å². The standard InChI is InChI=1S/C18H23N3O4/c1-2-25-16-9-6-5-8-15(16)21-13-14(12-19)18(24)20-11-7-3-4-10-17(22)23/h5-6,8-9,13,21H,2-4,7,10-11H2,1H3,(H,20,24)(H,22,23)/b14-13-. The number of rotatable bonds is 11. The molecule has 1 amide bonds. The van der Waals surface area contributed by atoms with Gasteiger partial charge in [0.1, 0.15) is 17.4 Å². The number of nitriles is 1. The molecule has 0 radical (unpaired) electrons. The Bertz CT molecular complexity index is 650. The summed E-state index contributed by atoms with van der Waals surface area (Å²) in [7, 11) is 0. The first-order chi connectivity index (χ1) is 12.1. The normalized spacial score (nSPS) is 10.6. The Balaban J connectivity index is 2.49. The summed E-state index contributed by atoms with van der Waals surface area (Å²) in [6, 6.07) is 9.10. The fourth-order valence-electron chi connectivity index (χ4n) is 2.04. The molecule has 1 rings (SSSR count). The van der Waals surface area contributed by atoms with Crippen LogP contribution in [-0.2, 0) is 9.59 Å². The third-order valence-electron chi connectivity index (χ3n) is 3.28. The van der Waals surface area contributed by atoms with E-state index in [1.807, 2.05) is 25.1 Å². The fourth-order valence-corrected chi connectivity index (χ4v) is 2.04. The first-order valence-corrected chi connectivity index (χ1v) is 8.17. The molecule has 0 atom stereocenters. The molecule has 0 aliphatic carbocycles. The predicted octanol–water partition coefficient (Wildman–Crippen LogP) is 2.67. The molecular weight excluding hydrogens is 322 g/mol. The molecule has 0 unspecified atom stereocenters. The Hall–Kier alpha value is -3.01. The van der Waals surface area contributed by atoms with Crippen LogP contribution in [0.15, 0.2) is 36.0 Å². The minimum absolute atomic E-state index is 0.0446. The molecule has 0 spiro atoms. The summed E-state index contributed by atoms with van der Waals surface area (Å²) in [4.78, 5) is 22.4. The summed E-state index contributed by atoms with van der Waals surface area (Å²) in [6.07, 6.45) is 3.41. The van der Waals surface area contributed by atoms with Gasteiger partial charge in [-0.25, -0.2) is 0 Å². The lowest BCUT2D eigenvalue weighted by molar-refractivity contribution is -0.137. The molecule has 0 fully saturated rings. The fraction of sp³-hybridized carbons (Fsp3) is 0.389. The van der Waals surface area contributed by atoms with Gasteiger partial charge in [0.05, 0.1) is 12.3 Å². The Morgan fingerprint density at radius 2 is 2.04 bits per heavy atom. The average molecular weight is 345 g/mol. The molecule has 3 N–H and O–H groups in total. The van der Waals surface area contributed by atoms with E-state index in [9.17, 15) is 9.59 Å². The predicted molar refractivity (Wildman–Crippen MR) is 94.0 cm³/mol. The molecule has 0 aliphatic rings. The van der Waals surface area contributed by atoms with Crippen LogP contribution >= 0.6 is 0 Å². The minimum Gasteiger partial charge on any atom is -0.492 e. The molecule has 25 heavy (non-hydrogen) atoms. The number of nitrogens with one attached hydrogen (secondary N) is 2. The van der Waals surface area contributed by atoms with Gasteiger partial charge in [-0.15, -0.1) is 0 Å². The lowest BCUT2D eigenvalue weighted by atomic mass is 10.2. The van der Waals surface area contributed by atoms with Crippen LogP contribution in [0.5, 0.6) is 5.75 Å².